The zero-order chi connectivity index (χ0) is 18.9. The van der Waals surface area contributed by atoms with Crippen molar-refractivity contribution in [2.24, 2.45) is 5.92 Å². The smallest absolute Gasteiger partial charge is 0.378 e. The van der Waals surface area contributed by atoms with Gasteiger partial charge in [0, 0.05) is 18.8 Å². The third kappa shape index (κ3) is 3.67. The van der Waals surface area contributed by atoms with E-state index >= 15 is 0 Å². The van der Waals surface area contributed by atoms with Crippen molar-refractivity contribution < 1.29 is 27.5 Å². The maximum atomic E-state index is 12.9. The van der Waals surface area contributed by atoms with Crippen LogP contribution in [0.3, 0.4) is 0 Å². The summed E-state index contributed by atoms with van der Waals surface area (Å²) in [5.74, 6) is -1.07. The molecule has 0 saturated carbocycles. The van der Waals surface area contributed by atoms with Gasteiger partial charge in [0.25, 0.3) is 0 Å². The highest BCUT2D eigenvalue weighted by atomic mass is 19.4. The van der Waals surface area contributed by atoms with Gasteiger partial charge in [-0.05, 0) is 17.7 Å². The molecule has 0 spiro atoms. The highest BCUT2D eigenvalue weighted by Crippen LogP contribution is 2.34. The molecule has 2 heterocycles. The molecule has 3 rings (SSSR count). The molecule has 0 unspecified atom stereocenters. The lowest BCUT2D eigenvalue weighted by molar-refractivity contribution is -0.140. The minimum Gasteiger partial charge on any atom is -0.378 e. The average molecular weight is 369 g/mol. The molecule has 2 atom stereocenters. The standard InChI is InChI=1S/C17H18F3N3O3/c1-10-13(15(24)23-6-8-26-9-7-23)14(22-16(25)21-10)11-2-4-12(5-3-11)17(18,19)20/h2-5,13-14H,1,6-9H2,(H2,21,22,25)/t13-,14+/m1/s1. The van der Waals surface area contributed by atoms with E-state index in [-0.39, 0.29) is 11.6 Å². The molecule has 1 aromatic carbocycles. The molecule has 9 heteroatoms. The summed E-state index contributed by atoms with van der Waals surface area (Å²) >= 11 is 0. The highest BCUT2D eigenvalue weighted by Gasteiger charge is 2.40. The topological polar surface area (TPSA) is 70.7 Å². The maximum absolute atomic E-state index is 12.9. The van der Waals surface area contributed by atoms with Gasteiger partial charge in [0.05, 0.1) is 24.8 Å². The monoisotopic (exact) mass is 369 g/mol. The van der Waals surface area contributed by atoms with Crippen molar-refractivity contribution in [2.45, 2.75) is 12.2 Å². The maximum Gasteiger partial charge on any atom is 0.416 e. The number of rotatable bonds is 2. The summed E-state index contributed by atoms with van der Waals surface area (Å²) in [6, 6.07) is 3.06. The van der Waals surface area contributed by atoms with Crippen LogP contribution >= 0.6 is 0 Å². The van der Waals surface area contributed by atoms with Gasteiger partial charge in [0.2, 0.25) is 5.91 Å². The van der Waals surface area contributed by atoms with E-state index in [1.54, 1.807) is 4.90 Å². The van der Waals surface area contributed by atoms with E-state index in [9.17, 15) is 22.8 Å². The van der Waals surface area contributed by atoms with Gasteiger partial charge in [-0.15, -0.1) is 0 Å². The first-order chi connectivity index (χ1) is 12.3. The van der Waals surface area contributed by atoms with Gasteiger partial charge in [0.1, 0.15) is 5.92 Å². The second-order valence-corrected chi connectivity index (χ2v) is 6.14. The number of morpholine rings is 1. The third-order valence-electron chi connectivity index (χ3n) is 4.46. The van der Waals surface area contributed by atoms with Crippen molar-refractivity contribution in [1.82, 2.24) is 15.5 Å². The number of amides is 3. The summed E-state index contributed by atoms with van der Waals surface area (Å²) < 4.78 is 43.5. The van der Waals surface area contributed by atoms with E-state index in [1.165, 1.54) is 12.1 Å². The van der Waals surface area contributed by atoms with E-state index in [4.69, 9.17) is 4.74 Å². The van der Waals surface area contributed by atoms with Crippen LogP contribution in [0.4, 0.5) is 18.0 Å². The molecule has 0 aliphatic carbocycles. The molecule has 2 aliphatic heterocycles. The first-order valence-corrected chi connectivity index (χ1v) is 8.07. The lowest BCUT2D eigenvalue weighted by Crippen LogP contribution is -2.55. The van der Waals surface area contributed by atoms with Crippen LogP contribution in [0.2, 0.25) is 0 Å². The number of nitrogens with zero attached hydrogens (tertiary/aromatic N) is 1. The third-order valence-corrected chi connectivity index (χ3v) is 4.46. The Hall–Kier alpha value is -2.55. The van der Waals surface area contributed by atoms with Crippen LogP contribution in [-0.2, 0) is 15.7 Å². The molecule has 2 fully saturated rings. The van der Waals surface area contributed by atoms with Crippen LogP contribution < -0.4 is 10.6 Å². The second kappa shape index (κ2) is 6.99. The first-order valence-electron chi connectivity index (χ1n) is 8.07. The molecule has 3 amide bonds. The summed E-state index contributed by atoms with van der Waals surface area (Å²) in [4.78, 5) is 26.3. The minimum atomic E-state index is -4.46. The Bertz CT molecular complexity index is 712. The fourth-order valence-electron chi connectivity index (χ4n) is 3.11. The van der Waals surface area contributed by atoms with Crippen molar-refractivity contribution in [3.63, 3.8) is 0 Å². The Kier molecular flexibility index (Phi) is 4.90. The number of carbonyl (C=O) groups excluding carboxylic acids is 2. The molecule has 2 N–H and O–H groups in total. The summed E-state index contributed by atoms with van der Waals surface area (Å²) in [6.07, 6.45) is -4.46. The molecule has 2 aliphatic rings. The number of carbonyl (C=O) groups is 2. The van der Waals surface area contributed by atoms with Crippen LogP contribution in [0, 0.1) is 5.92 Å². The van der Waals surface area contributed by atoms with E-state index in [0.717, 1.165) is 12.1 Å². The summed E-state index contributed by atoms with van der Waals surface area (Å²) in [7, 11) is 0. The number of nitrogens with one attached hydrogen (secondary N) is 2. The molecule has 6 nitrogen and oxygen atoms in total. The lowest BCUT2D eigenvalue weighted by Gasteiger charge is -2.38. The zero-order valence-corrected chi connectivity index (χ0v) is 13.8. The molecule has 0 radical (unpaired) electrons. The minimum absolute atomic E-state index is 0.218. The predicted octanol–water partition coefficient (Wildman–Crippen LogP) is 2.05. The molecule has 0 aromatic heterocycles. The Balaban J connectivity index is 1.89. The number of urea groups is 1. The highest BCUT2D eigenvalue weighted by molar-refractivity contribution is 5.88. The van der Waals surface area contributed by atoms with Gasteiger partial charge in [-0.25, -0.2) is 4.79 Å². The SMILES string of the molecule is C=C1NC(=O)N[C@@H](c2ccc(C(F)(F)F)cc2)[C@@H]1C(=O)N1CCOCC1. The van der Waals surface area contributed by atoms with Gasteiger partial charge in [-0.3, -0.25) is 4.79 Å². The van der Waals surface area contributed by atoms with Crippen LogP contribution in [0.5, 0.6) is 0 Å². The Labute approximate surface area is 148 Å². The van der Waals surface area contributed by atoms with Crippen LogP contribution in [0.25, 0.3) is 0 Å². The molecule has 1 aromatic rings. The number of hydrogen-bond acceptors (Lipinski definition) is 3. The average Bonchev–Trinajstić information content (AvgIpc) is 2.61. The van der Waals surface area contributed by atoms with Crippen LogP contribution in [0.1, 0.15) is 17.2 Å². The van der Waals surface area contributed by atoms with E-state index < -0.39 is 29.7 Å². The fourth-order valence-corrected chi connectivity index (χ4v) is 3.11. The summed E-state index contributed by atoms with van der Waals surface area (Å²) in [6.45, 7) is 5.41. The van der Waals surface area contributed by atoms with E-state index in [0.29, 0.717) is 31.9 Å². The molecule has 26 heavy (non-hydrogen) atoms. The van der Waals surface area contributed by atoms with Crippen molar-refractivity contribution >= 4 is 11.9 Å². The molecule has 140 valence electrons. The second-order valence-electron chi connectivity index (χ2n) is 6.14. The van der Waals surface area contributed by atoms with Gasteiger partial charge in [0.15, 0.2) is 0 Å². The number of hydrogen-bond donors (Lipinski definition) is 2. The van der Waals surface area contributed by atoms with Crippen molar-refractivity contribution in [1.29, 1.82) is 0 Å². The van der Waals surface area contributed by atoms with Crippen molar-refractivity contribution in [3.05, 3.63) is 47.7 Å². The van der Waals surface area contributed by atoms with Gasteiger partial charge in [-0.1, -0.05) is 18.7 Å². The summed E-state index contributed by atoms with van der Waals surface area (Å²) in [5.41, 5.74) is -0.174. The predicted molar refractivity (Wildman–Crippen MR) is 85.9 cm³/mol. The van der Waals surface area contributed by atoms with E-state index in [2.05, 4.69) is 17.2 Å². The van der Waals surface area contributed by atoms with Crippen LogP contribution in [-0.4, -0.2) is 43.1 Å². The van der Waals surface area contributed by atoms with Gasteiger partial charge in [-0.2, -0.15) is 13.2 Å². The van der Waals surface area contributed by atoms with E-state index in [1.807, 2.05) is 0 Å². The zero-order valence-electron chi connectivity index (χ0n) is 13.8. The normalized spacial score (nSPS) is 24.0. The van der Waals surface area contributed by atoms with Crippen molar-refractivity contribution in [2.75, 3.05) is 26.3 Å². The number of alkyl halides is 3. The molecule has 2 saturated heterocycles. The Morgan fingerprint density at radius 3 is 2.38 bits per heavy atom. The first kappa shape index (κ1) is 18.2. The van der Waals surface area contributed by atoms with Gasteiger partial charge < -0.3 is 20.3 Å². The summed E-state index contributed by atoms with van der Waals surface area (Å²) in [5, 5.41) is 5.10. The largest absolute Gasteiger partial charge is 0.416 e. The molecular weight excluding hydrogens is 351 g/mol. The number of ether oxygens (including phenoxy) is 1. The lowest BCUT2D eigenvalue weighted by atomic mass is 9.87. The Morgan fingerprint density at radius 2 is 1.81 bits per heavy atom. The van der Waals surface area contributed by atoms with Crippen molar-refractivity contribution in [3.8, 4) is 0 Å². The number of halogens is 3. The quantitative estimate of drug-likeness (QED) is 0.838. The number of benzene rings is 1. The molecular formula is C17H18F3N3O3. The molecule has 0 bridgehead atoms. The van der Waals surface area contributed by atoms with Crippen LogP contribution in [0.15, 0.2) is 36.5 Å². The van der Waals surface area contributed by atoms with Gasteiger partial charge >= 0.3 is 12.2 Å². The fraction of sp³-hybridized carbons (Fsp3) is 0.412. The Morgan fingerprint density at radius 1 is 1.19 bits per heavy atom.